The van der Waals surface area contributed by atoms with Gasteiger partial charge in [0.1, 0.15) is 11.6 Å². The van der Waals surface area contributed by atoms with Crippen LogP contribution in [0, 0.1) is 11.3 Å². The van der Waals surface area contributed by atoms with Gasteiger partial charge in [-0.1, -0.05) is 36.4 Å². The Balaban J connectivity index is 1.24. The lowest BCUT2D eigenvalue weighted by molar-refractivity contribution is 0.148. The number of hydrogen-bond donors (Lipinski definition) is 0. The Labute approximate surface area is 203 Å². The van der Waals surface area contributed by atoms with Crippen molar-refractivity contribution in [2.45, 2.75) is 19.6 Å². The first kappa shape index (κ1) is 22.4. The van der Waals surface area contributed by atoms with E-state index >= 15 is 0 Å². The van der Waals surface area contributed by atoms with E-state index in [0.29, 0.717) is 12.3 Å². The van der Waals surface area contributed by atoms with Crippen LogP contribution >= 0.6 is 11.3 Å². The quantitative estimate of drug-likeness (QED) is 0.402. The monoisotopic (exact) mass is 470 g/mol. The molecular formula is C26H26N6OS. The zero-order chi connectivity index (χ0) is 23.3. The van der Waals surface area contributed by atoms with Gasteiger partial charge in [0.2, 0.25) is 0 Å². The highest BCUT2D eigenvalue weighted by atomic mass is 32.1. The molecule has 1 aliphatic rings. The number of hydrogen-bond acceptors (Lipinski definition) is 8. The number of fused-ring (bicyclic) bond motifs is 1. The first-order valence-electron chi connectivity index (χ1n) is 11.4. The van der Waals surface area contributed by atoms with Gasteiger partial charge in [0.15, 0.2) is 0 Å². The highest BCUT2D eigenvalue weighted by molar-refractivity contribution is 7.21. The molecule has 0 spiro atoms. The van der Waals surface area contributed by atoms with Crippen LogP contribution in [0.2, 0.25) is 0 Å². The SMILES string of the molecule is CN1CCN(Cc2ccc(COc3ncc(-c4nc5ccccc5s4)c(CC#N)n3)cc2)CC1. The van der Waals surface area contributed by atoms with Crippen molar-refractivity contribution >= 4 is 21.6 Å². The maximum absolute atomic E-state index is 9.31. The van der Waals surface area contributed by atoms with Crippen molar-refractivity contribution in [2.75, 3.05) is 33.2 Å². The van der Waals surface area contributed by atoms with Crippen LogP contribution in [0.5, 0.6) is 6.01 Å². The molecule has 0 N–H and O–H groups in total. The molecule has 0 saturated carbocycles. The molecule has 34 heavy (non-hydrogen) atoms. The number of nitrogens with zero attached hydrogens (tertiary/aromatic N) is 6. The molecule has 1 aliphatic heterocycles. The number of rotatable bonds is 7. The number of likely N-dealkylation sites (N-methyl/N-ethyl adjacent to an activating group) is 1. The van der Waals surface area contributed by atoms with Gasteiger partial charge < -0.3 is 9.64 Å². The molecule has 2 aromatic carbocycles. The fourth-order valence-electron chi connectivity index (χ4n) is 4.00. The van der Waals surface area contributed by atoms with Crippen molar-refractivity contribution < 1.29 is 4.74 Å². The maximum atomic E-state index is 9.31. The van der Waals surface area contributed by atoms with Gasteiger partial charge in [0.25, 0.3) is 0 Å². The highest BCUT2D eigenvalue weighted by Crippen LogP contribution is 2.32. The summed E-state index contributed by atoms with van der Waals surface area (Å²) in [6.45, 7) is 5.81. The van der Waals surface area contributed by atoms with E-state index in [9.17, 15) is 5.26 Å². The fraction of sp³-hybridized carbons (Fsp3) is 0.308. The summed E-state index contributed by atoms with van der Waals surface area (Å²) < 4.78 is 6.96. The zero-order valence-electron chi connectivity index (χ0n) is 19.1. The minimum absolute atomic E-state index is 0.172. The Morgan fingerprint density at radius 1 is 1.00 bits per heavy atom. The lowest BCUT2D eigenvalue weighted by atomic mass is 10.1. The van der Waals surface area contributed by atoms with Crippen molar-refractivity contribution in [1.82, 2.24) is 24.8 Å². The Hall–Kier alpha value is -3.38. The molecule has 5 rings (SSSR count). The molecule has 172 valence electrons. The summed E-state index contributed by atoms with van der Waals surface area (Å²) in [5.74, 6) is 0. The average Bonchev–Trinajstić information content (AvgIpc) is 3.29. The molecule has 7 nitrogen and oxygen atoms in total. The number of ether oxygens (including phenoxy) is 1. The molecule has 8 heteroatoms. The van der Waals surface area contributed by atoms with Crippen LogP contribution in [-0.2, 0) is 19.6 Å². The molecular weight excluding hydrogens is 444 g/mol. The van der Waals surface area contributed by atoms with E-state index in [1.165, 1.54) is 5.56 Å². The van der Waals surface area contributed by atoms with E-state index in [-0.39, 0.29) is 12.4 Å². The van der Waals surface area contributed by atoms with Gasteiger partial charge in [-0.05, 0) is 30.3 Å². The second-order valence-electron chi connectivity index (χ2n) is 8.52. The number of nitriles is 1. The predicted molar refractivity (Wildman–Crippen MR) is 134 cm³/mol. The molecule has 2 aromatic heterocycles. The number of thiazole rings is 1. The van der Waals surface area contributed by atoms with Gasteiger partial charge in [-0.3, -0.25) is 4.90 Å². The second-order valence-corrected chi connectivity index (χ2v) is 9.55. The smallest absolute Gasteiger partial charge is 0.316 e. The van der Waals surface area contributed by atoms with E-state index < -0.39 is 0 Å². The van der Waals surface area contributed by atoms with E-state index in [4.69, 9.17) is 4.74 Å². The second kappa shape index (κ2) is 10.3. The molecule has 0 unspecified atom stereocenters. The van der Waals surface area contributed by atoms with Crippen molar-refractivity contribution in [3.63, 3.8) is 0 Å². The van der Waals surface area contributed by atoms with E-state index in [1.807, 2.05) is 24.3 Å². The van der Waals surface area contributed by atoms with Crippen molar-refractivity contribution in [1.29, 1.82) is 5.26 Å². The molecule has 1 fully saturated rings. The van der Waals surface area contributed by atoms with Crippen molar-refractivity contribution in [2.24, 2.45) is 0 Å². The van der Waals surface area contributed by atoms with Crippen LogP contribution in [0.15, 0.2) is 54.7 Å². The first-order chi connectivity index (χ1) is 16.7. The van der Waals surface area contributed by atoms with Gasteiger partial charge >= 0.3 is 6.01 Å². The van der Waals surface area contributed by atoms with Gasteiger partial charge in [-0.2, -0.15) is 10.2 Å². The molecule has 0 bridgehead atoms. The Morgan fingerprint density at radius 2 is 1.76 bits per heavy atom. The Morgan fingerprint density at radius 3 is 2.53 bits per heavy atom. The Kier molecular flexibility index (Phi) is 6.77. The van der Waals surface area contributed by atoms with Crippen LogP contribution in [0.4, 0.5) is 0 Å². The largest absolute Gasteiger partial charge is 0.459 e. The third-order valence-electron chi connectivity index (χ3n) is 6.01. The van der Waals surface area contributed by atoms with E-state index in [0.717, 1.165) is 59.1 Å². The number of benzene rings is 2. The van der Waals surface area contributed by atoms with E-state index in [2.05, 4.69) is 62.1 Å². The topological polar surface area (TPSA) is 78.2 Å². The Bertz CT molecular complexity index is 1270. The molecule has 0 radical (unpaired) electrons. The van der Waals surface area contributed by atoms with Gasteiger partial charge in [-0.15, -0.1) is 11.3 Å². The normalized spacial score (nSPS) is 14.8. The van der Waals surface area contributed by atoms with Gasteiger partial charge in [0.05, 0.1) is 34.0 Å². The summed E-state index contributed by atoms with van der Waals surface area (Å²) in [6.07, 6.45) is 1.89. The maximum Gasteiger partial charge on any atom is 0.316 e. The molecule has 1 saturated heterocycles. The van der Waals surface area contributed by atoms with Crippen LogP contribution in [0.3, 0.4) is 0 Å². The summed E-state index contributed by atoms with van der Waals surface area (Å²) in [7, 11) is 2.17. The summed E-state index contributed by atoms with van der Waals surface area (Å²) in [5, 5.41) is 10.1. The van der Waals surface area contributed by atoms with Gasteiger partial charge in [-0.25, -0.2) is 9.97 Å². The summed E-state index contributed by atoms with van der Waals surface area (Å²) >= 11 is 1.57. The summed E-state index contributed by atoms with van der Waals surface area (Å²) in [5.41, 5.74) is 4.71. The van der Waals surface area contributed by atoms with Crippen LogP contribution in [0.25, 0.3) is 20.8 Å². The number of para-hydroxylation sites is 1. The van der Waals surface area contributed by atoms with Gasteiger partial charge in [0, 0.05) is 38.9 Å². The number of piperazine rings is 1. The minimum atomic E-state index is 0.172. The highest BCUT2D eigenvalue weighted by Gasteiger charge is 2.15. The molecule has 0 aliphatic carbocycles. The minimum Gasteiger partial charge on any atom is -0.459 e. The average molecular weight is 471 g/mol. The van der Waals surface area contributed by atoms with Crippen LogP contribution in [-0.4, -0.2) is 58.0 Å². The molecule has 0 amide bonds. The number of aromatic nitrogens is 3. The van der Waals surface area contributed by atoms with Crippen LogP contribution in [0.1, 0.15) is 16.8 Å². The third kappa shape index (κ3) is 5.23. The molecule has 0 atom stereocenters. The van der Waals surface area contributed by atoms with Crippen LogP contribution < -0.4 is 4.74 Å². The predicted octanol–water partition coefficient (Wildman–Crippen LogP) is 4.15. The molecule has 3 heterocycles. The third-order valence-corrected chi connectivity index (χ3v) is 7.08. The fourth-order valence-corrected chi connectivity index (χ4v) is 4.99. The van der Waals surface area contributed by atoms with Crippen molar-refractivity contribution in [3.05, 3.63) is 71.5 Å². The standard InChI is InChI=1S/C26H26N6OS/c1-31-12-14-32(15-13-31)17-19-6-8-20(9-7-19)18-33-26-28-16-21(22(30-26)10-11-27)25-29-23-4-2-3-5-24(23)34-25/h2-9,16H,10,12-15,17-18H2,1H3. The lowest BCUT2D eigenvalue weighted by Crippen LogP contribution is -2.43. The van der Waals surface area contributed by atoms with E-state index in [1.54, 1.807) is 17.5 Å². The zero-order valence-corrected chi connectivity index (χ0v) is 20.0. The lowest BCUT2D eigenvalue weighted by Gasteiger charge is -2.32. The molecule has 4 aromatic rings. The summed E-state index contributed by atoms with van der Waals surface area (Å²) in [4.78, 5) is 18.5. The summed E-state index contributed by atoms with van der Waals surface area (Å²) in [6, 6.07) is 19.0. The van der Waals surface area contributed by atoms with Crippen molar-refractivity contribution in [3.8, 4) is 22.7 Å². The first-order valence-corrected chi connectivity index (χ1v) is 12.2.